The van der Waals surface area contributed by atoms with Crippen LogP contribution >= 0.6 is 10.8 Å². The van der Waals surface area contributed by atoms with Crippen molar-refractivity contribution in [3.8, 4) is 0 Å². The minimum atomic E-state index is -5.17. The van der Waals surface area contributed by atoms with E-state index in [1.165, 1.54) is 0 Å². The number of aromatic amines is 1. The number of rotatable bonds is 2. The molecule has 0 radical (unpaired) electrons. The Kier molecular flexibility index (Phi) is 4.24. The number of piperidine rings is 1. The van der Waals surface area contributed by atoms with E-state index < -0.39 is 16.3 Å². The van der Waals surface area contributed by atoms with Crippen LogP contribution in [0.3, 0.4) is 0 Å². The van der Waals surface area contributed by atoms with Crippen molar-refractivity contribution in [2.24, 2.45) is 4.40 Å². The summed E-state index contributed by atoms with van der Waals surface area (Å²) in [5.41, 5.74) is -2.89. The molecule has 0 unspecified atom stereocenters. The van der Waals surface area contributed by atoms with Crippen LogP contribution in [0.2, 0.25) is 0 Å². The van der Waals surface area contributed by atoms with Crippen LogP contribution in [0.15, 0.2) is 35.1 Å². The summed E-state index contributed by atoms with van der Waals surface area (Å²) in [6.45, 7) is 0.699. The Hall–Kier alpha value is -2.37. The van der Waals surface area contributed by atoms with E-state index in [1.54, 1.807) is 18.6 Å². The normalized spacial score (nSPS) is 18.6. The number of hydrogen-bond donors (Lipinski definition) is 3. The van der Waals surface area contributed by atoms with Gasteiger partial charge in [0.2, 0.25) is 0 Å². The predicted octanol–water partition coefficient (Wildman–Crippen LogP) is 4.34. The van der Waals surface area contributed by atoms with E-state index in [-0.39, 0.29) is 18.7 Å². The van der Waals surface area contributed by atoms with E-state index in [0.29, 0.717) is 18.6 Å². The number of halogens is 3. The number of nitrogens with zero attached hydrogens (tertiary/aromatic N) is 4. The standard InChI is InChI=1S/C16H16F3N5O2S/c17-16(18,19)27(25,26)23-10-2-1-7-24(9-10)13-4-6-20-12-8-22-15-11(14(12)13)3-5-21-15/h3-6,8,20,25-26H,1-2,7,9H2. The number of hydrogen-bond acceptors (Lipinski definition) is 6. The molecule has 0 saturated carbocycles. The lowest BCUT2D eigenvalue weighted by Crippen LogP contribution is -2.36. The van der Waals surface area contributed by atoms with E-state index in [2.05, 4.69) is 19.3 Å². The summed E-state index contributed by atoms with van der Waals surface area (Å²) < 4.78 is 60.2. The van der Waals surface area contributed by atoms with Crippen LogP contribution in [0.4, 0.5) is 18.9 Å². The average molecular weight is 399 g/mol. The van der Waals surface area contributed by atoms with E-state index in [4.69, 9.17) is 0 Å². The Morgan fingerprint density at radius 3 is 2.81 bits per heavy atom. The lowest BCUT2D eigenvalue weighted by Gasteiger charge is -2.34. The Labute approximate surface area is 153 Å². The second kappa shape index (κ2) is 6.36. The SMILES string of the molecule is OS(O)(N=C1CCCN(c2cc[nH]c3cnc4nccc4c23)C1)C(F)(F)F. The predicted molar refractivity (Wildman–Crippen MR) is 99.2 cm³/mol. The summed E-state index contributed by atoms with van der Waals surface area (Å²) >= 11 is 0. The number of fused-ring (bicyclic) bond motifs is 3. The van der Waals surface area contributed by atoms with Crippen LogP contribution in [0.5, 0.6) is 0 Å². The largest absolute Gasteiger partial charge is 0.515 e. The molecule has 3 N–H and O–H groups in total. The molecule has 0 atom stereocenters. The fourth-order valence-electron chi connectivity index (χ4n) is 3.27. The zero-order valence-corrected chi connectivity index (χ0v) is 14.8. The molecular formula is C16H16F3N5O2S. The zero-order chi connectivity index (χ0) is 19.2. The minimum absolute atomic E-state index is 0.0863. The van der Waals surface area contributed by atoms with Crippen molar-refractivity contribution < 1.29 is 22.3 Å². The first-order valence-electron chi connectivity index (χ1n) is 8.14. The summed E-state index contributed by atoms with van der Waals surface area (Å²) in [5, 5.41) is 1.70. The van der Waals surface area contributed by atoms with Crippen LogP contribution in [-0.2, 0) is 0 Å². The third-order valence-corrected chi connectivity index (χ3v) is 5.58. The molecule has 0 aliphatic carbocycles. The van der Waals surface area contributed by atoms with Crippen LogP contribution in [-0.4, -0.2) is 48.4 Å². The quantitative estimate of drug-likeness (QED) is 0.596. The van der Waals surface area contributed by atoms with Crippen molar-refractivity contribution in [3.63, 3.8) is 0 Å². The van der Waals surface area contributed by atoms with Crippen molar-refractivity contribution in [1.29, 1.82) is 0 Å². The maximum atomic E-state index is 12.8. The van der Waals surface area contributed by atoms with Crippen molar-refractivity contribution in [3.05, 3.63) is 30.7 Å². The Morgan fingerprint density at radius 1 is 1.22 bits per heavy atom. The number of nitrogens with one attached hydrogen (secondary N) is 1. The fraction of sp³-hybridized carbons (Fsp3) is 0.312. The third-order valence-electron chi connectivity index (χ3n) is 4.44. The lowest BCUT2D eigenvalue weighted by atomic mass is 10.1. The Bertz CT molecular complexity index is 1030. The van der Waals surface area contributed by atoms with Gasteiger partial charge in [0.05, 0.1) is 24.0 Å². The highest BCUT2D eigenvalue weighted by atomic mass is 32.3. The lowest BCUT2D eigenvalue weighted by molar-refractivity contribution is -0.0526. The maximum absolute atomic E-state index is 12.8. The van der Waals surface area contributed by atoms with Gasteiger partial charge in [0.15, 0.2) is 5.65 Å². The number of aromatic nitrogens is 3. The van der Waals surface area contributed by atoms with Gasteiger partial charge in [-0.15, -0.1) is 0 Å². The molecule has 144 valence electrons. The number of anilines is 1. The van der Waals surface area contributed by atoms with E-state index in [0.717, 1.165) is 22.0 Å². The summed E-state index contributed by atoms with van der Waals surface area (Å²) in [6, 6.07) is 3.67. The van der Waals surface area contributed by atoms with Crippen molar-refractivity contribution in [2.45, 2.75) is 18.3 Å². The van der Waals surface area contributed by atoms with Gasteiger partial charge in [-0.05, 0) is 35.8 Å². The number of H-pyrrole nitrogens is 1. The summed E-state index contributed by atoms with van der Waals surface area (Å²) in [4.78, 5) is 13.5. The first-order valence-corrected chi connectivity index (χ1v) is 9.64. The van der Waals surface area contributed by atoms with Crippen LogP contribution in [0.1, 0.15) is 12.8 Å². The van der Waals surface area contributed by atoms with Crippen molar-refractivity contribution >= 4 is 44.1 Å². The smallest absolute Gasteiger partial charge is 0.365 e. The third kappa shape index (κ3) is 3.22. The summed E-state index contributed by atoms with van der Waals surface area (Å²) in [6.07, 6.45) is 5.88. The first kappa shape index (κ1) is 18.0. The van der Waals surface area contributed by atoms with Gasteiger partial charge in [-0.2, -0.15) is 17.6 Å². The second-order valence-corrected chi connectivity index (χ2v) is 7.92. The van der Waals surface area contributed by atoms with Gasteiger partial charge in [-0.1, -0.05) is 0 Å². The maximum Gasteiger partial charge on any atom is 0.515 e. The van der Waals surface area contributed by atoms with Crippen LogP contribution in [0.25, 0.3) is 21.9 Å². The molecular weight excluding hydrogens is 383 g/mol. The highest BCUT2D eigenvalue weighted by Crippen LogP contribution is 2.57. The zero-order valence-electron chi connectivity index (χ0n) is 13.9. The molecule has 1 aliphatic heterocycles. The Balaban J connectivity index is 1.75. The molecule has 0 spiro atoms. The molecule has 3 aromatic rings. The monoisotopic (exact) mass is 399 g/mol. The van der Waals surface area contributed by atoms with Gasteiger partial charge in [0.25, 0.3) is 0 Å². The average Bonchev–Trinajstić information content (AvgIpc) is 3.09. The van der Waals surface area contributed by atoms with E-state index >= 15 is 0 Å². The molecule has 1 aliphatic rings. The first-order chi connectivity index (χ1) is 12.8. The molecule has 0 amide bonds. The Morgan fingerprint density at radius 2 is 2.04 bits per heavy atom. The number of pyridine rings is 2. The topological polar surface area (TPSA) is 97.6 Å². The van der Waals surface area contributed by atoms with Gasteiger partial charge < -0.3 is 9.88 Å². The summed E-state index contributed by atoms with van der Waals surface area (Å²) in [5.74, 6) is 0. The highest BCUT2D eigenvalue weighted by molar-refractivity contribution is 8.24. The van der Waals surface area contributed by atoms with Crippen LogP contribution in [0, 0.1) is 0 Å². The van der Waals surface area contributed by atoms with Gasteiger partial charge in [0, 0.05) is 35.4 Å². The van der Waals surface area contributed by atoms with Crippen molar-refractivity contribution in [1.82, 2.24) is 15.0 Å². The molecule has 1 fully saturated rings. The number of alkyl halides is 3. The second-order valence-electron chi connectivity index (χ2n) is 6.24. The minimum Gasteiger partial charge on any atom is -0.365 e. The van der Waals surface area contributed by atoms with Gasteiger partial charge in [-0.25, -0.2) is 9.97 Å². The molecule has 27 heavy (non-hydrogen) atoms. The fourth-order valence-corrected chi connectivity index (χ4v) is 3.88. The van der Waals surface area contributed by atoms with Gasteiger partial charge >= 0.3 is 5.51 Å². The van der Waals surface area contributed by atoms with Gasteiger partial charge in [-0.3, -0.25) is 9.11 Å². The van der Waals surface area contributed by atoms with E-state index in [9.17, 15) is 22.3 Å². The molecule has 1 saturated heterocycles. The molecule has 0 aromatic carbocycles. The van der Waals surface area contributed by atoms with Crippen LogP contribution < -0.4 is 4.90 Å². The van der Waals surface area contributed by atoms with Crippen molar-refractivity contribution in [2.75, 3.05) is 18.0 Å². The molecule has 7 nitrogen and oxygen atoms in total. The summed E-state index contributed by atoms with van der Waals surface area (Å²) in [7, 11) is -5.04. The molecule has 11 heteroatoms. The van der Waals surface area contributed by atoms with Gasteiger partial charge in [0.1, 0.15) is 0 Å². The molecule has 0 bridgehead atoms. The molecule has 4 heterocycles. The van der Waals surface area contributed by atoms with E-state index in [1.807, 2.05) is 17.0 Å². The highest BCUT2D eigenvalue weighted by Gasteiger charge is 2.46. The molecule has 4 rings (SSSR count). The molecule has 3 aromatic heterocycles.